The molecule has 0 amide bonds. The van der Waals surface area contributed by atoms with Crippen molar-refractivity contribution in [1.82, 2.24) is 14.9 Å². The van der Waals surface area contributed by atoms with Crippen LogP contribution in [0.15, 0.2) is 43.0 Å². The Morgan fingerprint density at radius 1 is 1.10 bits per heavy atom. The molecule has 1 aromatic carbocycles. The molecule has 0 saturated heterocycles. The maximum Gasteiger partial charge on any atom is 0.0949 e. The molecule has 3 unspecified atom stereocenters. The quantitative estimate of drug-likeness (QED) is 0.937. The van der Waals surface area contributed by atoms with Gasteiger partial charge in [0.15, 0.2) is 0 Å². The van der Waals surface area contributed by atoms with Crippen LogP contribution < -0.4 is 5.32 Å². The molecule has 1 heterocycles. The molecule has 4 rings (SSSR count). The van der Waals surface area contributed by atoms with Crippen LogP contribution in [0.4, 0.5) is 0 Å². The summed E-state index contributed by atoms with van der Waals surface area (Å²) in [5.41, 5.74) is 3.09. The average molecular weight is 281 g/mol. The lowest BCUT2D eigenvalue weighted by molar-refractivity contribution is 0.332. The van der Waals surface area contributed by atoms with E-state index in [9.17, 15) is 0 Å². The van der Waals surface area contributed by atoms with Gasteiger partial charge in [0.25, 0.3) is 0 Å². The maximum absolute atomic E-state index is 4.21. The summed E-state index contributed by atoms with van der Waals surface area (Å²) in [6, 6.07) is 10.7. The van der Waals surface area contributed by atoms with Crippen LogP contribution in [0.1, 0.15) is 42.9 Å². The highest BCUT2D eigenvalue weighted by Gasteiger charge is 2.31. The normalized spacial score (nSPS) is 28.5. The molecule has 1 N–H and O–H groups in total. The van der Waals surface area contributed by atoms with Gasteiger partial charge in [-0.15, -0.1) is 0 Å². The zero-order valence-corrected chi connectivity index (χ0v) is 12.4. The summed E-state index contributed by atoms with van der Waals surface area (Å²) in [6.45, 7) is 0. The van der Waals surface area contributed by atoms with Gasteiger partial charge in [-0.3, -0.25) is 0 Å². The van der Waals surface area contributed by atoms with E-state index >= 15 is 0 Å². The van der Waals surface area contributed by atoms with Crippen molar-refractivity contribution in [2.45, 2.75) is 56.7 Å². The van der Waals surface area contributed by atoms with Gasteiger partial charge in [0, 0.05) is 30.5 Å². The number of hydrogen-bond acceptors (Lipinski definition) is 2. The molecule has 110 valence electrons. The van der Waals surface area contributed by atoms with Crippen LogP contribution in [0.3, 0.4) is 0 Å². The second kappa shape index (κ2) is 5.64. The van der Waals surface area contributed by atoms with E-state index in [0.717, 1.165) is 0 Å². The Hall–Kier alpha value is -1.61. The average Bonchev–Trinajstić information content (AvgIpc) is 3.18. The lowest BCUT2D eigenvalue weighted by Crippen LogP contribution is -2.43. The molecule has 2 aromatic rings. The minimum Gasteiger partial charge on any atom is -0.333 e. The van der Waals surface area contributed by atoms with E-state index in [4.69, 9.17) is 0 Å². The second-order valence-corrected chi connectivity index (χ2v) is 6.49. The van der Waals surface area contributed by atoms with Gasteiger partial charge in [-0.05, 0) is 49.7 Å². The first kappa shape index (κ1) is 13.1. The van der Waals surface area contributed by atoms with Gasteiger partial charge in [-0.1, -0.05) is 24.3 Å². The van der Waals surface area contributed by atoms with Gasteiger partial charge in [0.1, 0.15) is 0 Å². The minimum absolute atomic E-state index is 0.588. The summed E-state index contributed by atoms with van der Waals surface area (Å²) in [7, 11) is 0. The van der Waals surface area contributed by atoms with Crippen LogP contribution in [-0.2, 0) is 12.8 Å². The van der Waals surface area contributed by atoms with Crippen LogP contribution in [0.25, 0.3) is 0 Å². The SMILES string of the molecule is c1ccc2c(c1)CCC(NC1CCCC1n1ccnc1)C2. The van der Waals surface area contributed by atoms with Crippen molar-refractivity contribution in [3.05, 3.63) is 54.1 Å². The van der Waals surface area contributed by atoms with Crippen molar-refractivity contribution in [3.63, 3.8) is 0 Å². The summed E-state index contributed by atoms with van der Waals surface area (Å²) in [5.74, 6) is 0. The fourth-order valence-corrected chi connectivity index (χ4v) is 4.10. The highest BCUT2D eigenvalue weighted by molar-refractivity contribution is 5.30. The predicted molar refractivity (Wildman–Crippen MR) is 84.3 cm³/mol. The molecule has 2 aliphatic carbocycles. The summed E-state index contributed by atoms with van der Waals surface area (Å²) >= 11 is 0. The van der Waals surface area contributed by atoms with Crippen LogP contribution in [0.5, 0.6) is 0 Å². The highest BCUT2D eigenvalue weighted by Crippen LogP contribution is 2.31. The minimum atomic E-state index is 0.588. The molecule has 0 aliphatic heterocycles. The Kier molecular flexibility index (Phi) is 3.52. The summed E-state index contributed by atoms with van der Waals surface area (Å²) in [4.78, 5) is 4.21. The van der Waals surface area contributed by atoms with Crippen molar-refractivity contribution in [3.8, 4) is 0 Å². The standard InChI is InChI=1S/C18H23N3/c1-2-5-15-12-16(9-8-14(15)4-1)20-17-6-3-7-18(17)21-11-10-19-13-21/h1-2,4-5,10-11,13,16-18,20H,3,6-9,12H2. The topological polar surface area (TPSA) is 29.9 Å². The Bertz CT molecular complexity index is 590. The molecule has 2 aliphatic rings. The van der Waals surface area contributed by atoms with Crippen molar-refractivity contribution in [1.29, 1.82) is 0 Å². The molecule has 3 heteroatoms. The van der Waals surface area contributed by atoms with Crippen LogP contribution >= 0.6 is 0 Å². The number of aromatic nitrogens is 2. The van der Waals surface area contributed by atoms with E-state index in [-0.39, 0.29) is 0 Å². The third-order valence-corrected chi connectivity index (χ3v) is 5.18. The number of hydrogen-bond donors (Lipinski definition) is 1. The second-order valence-electron chi connectivity index (χ2n) is 6.49. The van der Waals surface area contributed by atoms with Crippen LogP contribution in [0.2, 0.25) is 0 Å². The molecule has 0 spiro atoms. The monoisotopic (exact) mass is 281 g/mol. The van der Waals surface area contributed by atoms with E-state index in [0.29, 0.717) is 18.1 Å². The number of benzene rings is 1. The predicted octanol–water partition coefficient (Wildman–Crippen LogP) is 3.12. The van der Waals surface area contributed by atoms with Crippen molar-refractivity contribution >= 4 is 0 Å². The first-order valence-corrected chi connectivity index (χ1v) is 8.20. The number of aryl methyl sites for hydroxylation is 1. The van der Waals surface area contributed by atoms with E-state index < -0.39 is 0 Å². The van der Waals surface area contributed by atoms with E-state index in [1.807, 2.05) is 12.5 Å². The largest absolute Gasteiger partial charge is 0.333 e. The number of nitrogens with zero attached hydrogens (tertiary/aromatic N) is 2. The Labute approximate surface area is 126 Å². The Morgan fingerprint density at radius 3 is 2.86 bits per heavy atom. The molecule has 1 fully saturated rings. The zero-order valence-electron chi connectivity index (χ0n) is 12.4. The van der Waals surface area contributed by atoms with Crippen LogP contribution in [-0.4, -0.2) is 21.6 Å². The highest BCUT2D eigenvalue weighted by atomic mass is 15.1. The third-order valence-electron chi connectivity index (χ3n) is 5.18. The number of rotatable bonds is 3. The third kappa shape index (κ3) is 2.62. The first-order valence-electron chi connectivity index (χ1n) is 8.20. The summed E-state index contributed by atoms with van der Waals surface area (Å²) in [6.07, 6.45) is 13.5. The van der Waals surface area contributed by atoms with E-state index in [1.54, 1.807) is 11.1 Å². The number of nitrogens with one attached hydrogen (secondary N) is 1. The number of imidazole rings is 1. The van der Waals surface area contributed by atoms with Crippen molar-refractivity contribution in [2.75, 3.05) is 0 Å². The summed E-state index contributed by atoms with van der Waals surface area (Å²) in [5, 5.41) is 3.95. The number of fused-ring (bicyclic) bond motifs is 1. The molecule has 1 aromatic heterocycles. The lowest BCUT2D eigenvalue weighted by Gasteiger charge is -2.31. The molecular formula is C18H23N3. The van der Waals surface area contributed by atoms with Gasteiger partial charge >= 0.3 is 0 Å². The molecule has 3 nitrogen and oxygen atoms in total. The van der Waals surface area contributed by atoms with Gasteiger partial charge in [-0.2, -0.15) is 0 Å². The molecular weight excluding hydrogens is 258 g/mol. The summed E-state index contributed by atoms with van der Waals surface area (Å²) < 4.78 is 2.29. The molecule has 0 bridgehead atoms. The van der Waals surface area contributed by atoms with Crippen molar-refractivity contribution < 1.29 is 0 Å². The maximum atomic E-state index is 4.21. The van der Waals surface area contributed by atoms with E-state index in [1.165, 1.54) is 38.5 Å². The Morgan fingerprint density at radius 2 is 2.00 bits per heavy atom. The molecule has 1 saturated carbocycles. The van der Waals surface area contributed by atoms with Gasteiger partial charge in [-0.25, -0.2) is 4.98 Å². The van der Waals surface area contributed by atoms with Gasteiger partial charge in [0.05, 0.1) is 6.33 Å². The zero-order chi connectivity index (χ0) is 14.1. The van der Waals surface area contributed by atoms with Gasteiger partial charge < -0.3 is 9.88 Å². The van der Waals surface area contributed by atoms with Gasteiger partial charge in [0.2, 0.25) is 0 Å². The fourth-order valence-electron chi connectivity index (χ4n) is 4.10. The fraction of sp³-hybridized carbons (Fsp3) is 0.500. The molecule has 0 radical (unpaired) electrons. The lowest BCUT2D eigenvalue weighted by atomic mass is 9.88. The first-order chi connectivity index (χ1) is 10.4. The smallest absolute Gasteiger partial charge is 0.0949 e. The Balaban J connectivity index is 1.45. The molecule has 3 atom stereocenters. The van der Waals surface area contributed by atoms with Crippen molar-refractivity contribution in [2.24, 2.45) is 0 Å². The van der Waals surface area contributed by atoms with E-state index in [2.05, 4.69) is 45.3 Å². The molecule has 21 heavy (non-hydrogen) atoms. The van der Waals surface area contributed by atoms with Crippen LogP contribution in [0, 0.1) is 0 Å².